The summed E-state index contributed by atoms with van der Waals surface area (Å²) in [6, 6.07) is 13.2. The van der Waals surface area contributed by atoms with Crippen molar-refractivity contribution in [3.05, 3.63) is 53.6 Å². The average molecular weight is 396 g/mol. The van der Waals surface area contributed by atoms with Crippen LogP contribution < -0.4 is 14.8 Å². The molecule has 2 rings (SSSR count). The van der Waals surface area contributed by atoms with Crippen molar-refractivity contribution in [2.75, 3.05) is 25.6 Å². The van der Waals surface area contributed by atoms with Gasteiger partial charge in [-0.2, -0.15) is 5.26 Å². The highest BCUT2D eigenvalue weighted by Crippen LogP contribution is 2.28. The van der Waals surface area contributed by atoms with E-state index in [2.05, 4.69) is 19.2 Å². The van der Waals surface area contributed by atoms with Crippen LogP contribution in [0.2, 0.25) is 0 Å². The summed E-state index contributed by atoms with van der Waals surface area (Å²) in [5.41, 5.74) is 1.12. The summed E-state index contributed by atoms with van der Waals surface area (Å²) >= 11 is 0. The van der Waals surface area contributed by atoms with Gasteiger partial charge in [-0.1, -0.05) is 19.9 Å². The zero-order valence-electron chi connectivity index (χ0n) is 16.7. The van der Waals surface area contributed by atoms with Crippen LogP contribution in [-0.4, -0.2) is 32.2 Å². The molecular weight excluding hydrogens is 372 g/mol. The lowest BCUT2D eigenvalue weighted by Crippen LogP contribution is -2.21. The normalized spacial score (nSPS) is 10.2. The molecule has 0 saturated carbocycles. The maximum Gasteiger partial charge on any atom is 0.338 e. The fourth-order valence-electron chi connectivity index (χ4n) is 2.40. The number of carbonyl (C=O) groups is 2. The van der Waals surface area contributed by atoms with Gasteiger partial charge in [0.2, 0.25) is 0 Å². The summed E-state index contributed by atoms with van der Waals surface area (Å²) in [4.78, 5) is 24.2. The van der Waals surface area contributed by atoms with Crippen molar-refractivity contribution >= 4 is 17.6 Å². The Hall–Kier alpha value is -3.53. The molecule has 1 amide bonds. The molecule has 7 heteroatoms. The Morgan fingerprint density at radius 3 is 2.62 bits per heavy atom. The molecule has 0 bridgehead atoms. The van der Waals surface area contributed by atoms with Gasteiger partial charge < -0.3 is 19.5 Å². The van der Waals surface area contributed by atoms with Crippen molar-refractivity contribution in [3.8, 4) is 17.6 Å². The number of hydrogen-bond acceptors (Lipinski definition) is 6. The molecule has 0 atom stereocenters. The van der Waals surface area contributed by atoms with Crippen molar-refractivity contribution in [3.63, 3.8) is 0 Å². The van der Waals surface area contributed by atoms with Crippen LogP contribution in [0.4, 0.5) is 5.69 Å². The first kappa shape index (κ1) is 21.8. The molecule has 2 aromatic carbocycles. The molecular formula is C22H24N2O5. The number of ether oxygens (including phenoxy) is 3. The van der Waals surface area contributed by atoms with E-state index in [0.29, 0.717) is 35.3 Å². The van der Waals surface area contributed by atoms with Crippen molar-refractivity contribution < 1.29 is 23.8 Å². The van der Waals surface area contributed by atoms with Crippen molar-refractivity contribution in [1.29, 1.82) is 5.26 Å². The molecule has 0 aliphatic carbocycles. The van der Waals surface area contributed by atoms with Gasteiger partial charge in [-0.15, -0.1) is 0 Å². The van der Waals surface area contributed by atoms with Gasteiger partial charge in [0.15, 0.2) is 18.1 Å². The van der Waals surface area contributed by atoms with Crippen molar-refractivity contribution in [2.45, 2.75) is 20.3 Å². The zero-order valence-corrected chi connectivity index (χ0v) is 16.7. The van der Waals surface area contributed by atoms with Gasteiger partial charge in [-0.25, -0.2) is 4.79 Å². The van der Waals surface area contributed by atoms with Crippen LogP contribution in [0, 0.1) is 17.2 Å². The van der Waals surface area contributed by atoms with Crippen LogP contribution >= 0.6 is 0 Å². The van der Waals surface area contributed by atoms with Gasteiger partial charge in [-0.3, -0.25) is 4.79 Å². The average Bonchev–Trinajstić information content (AvgIpc) is 2.72. The second-order valence-electron chi connectivity index (χ2n) is 6.71. The van der Waals surface area contributed by atoms with Gasteiger partial charge in [0.05, 0.1) is 30.9 Å². The first-order valence-corrected chi connectivity index (χ1v) is 9.21. The summed E-state index contributed by atoms with van der Waals surface area (Å²) in [5.74, 6) is 0.316. The van der Waals surface area contributed by atoms with E-state index in [0.717, 1.165) is 6.42 Å². The Bertz CT molecular complexity index is 902. The number of esters is 1. The van der Waals surface area contributed by atoms with E-state index in [4.69, 9.17) is 19.5 Å². The molecule has 152 valence electrons. The Morgan fingerprint density at radius 1 is 1.14 bits per heavy atom. The highest BCUT2D eigenvalue weighted by molar-refractivity contribution is 5.95. The second-order valence-corrected chi connectivity index (χ2v) is 6.71. The van der Waals surface area contributed by atoms with E-state index in [1.54, 1.807) is 30.3 Å². The summed E-state index contributed by atoms with van der Waals surface area (Å²) in [7, 11) is 1.49. The number of nitriles is 1. The van der Waals surface area contributed by atoms with Crippen LogP contribution in [-0.2, 0) is 9.53 Å². The minimum absolute atomic E-state index is 0.248. The minimum atomic E-state index is -0.655. The summed E-state index contributed by atoms with van der Waals surface area (Å²) < 4.78 is 16.0. The largest absolute Gasteiger partial charge is 0.493 e. The van der Waals surface area contributed by atoms with E-state index < -0.39 is 18.5 Å². The van der Waals surface area contributed by atoms with E-state index in [1.165, 1.54) is 19.2 Å². The standard InChI is InChI=1S/C22H24N2O5/c1-15(2)9-10-28-19-8-7-17(12-20(19)27-3)22(26)29-14-21(25)24-18-6-4-5-16(11-18)13-23/h4-8,11-12,15H,9-10,14H2,1-3H3,(H,24,25). The molecule has 29 heavy (non-hydrogen) atoms. The third kappa shape index (κ3) is 6.85. The molecule has 2 aromatic rings. The van der Waals surface area contributed by atoms with Crippen LogP contribution in [0.25, 0.3) is 0 Å². The van der Waals surface area contributed by atoms with E-state index in [9.17, 15) is 9.59 Å². The summed E-state index contributed by atoms with van der Waals surface area (Å²) in [6.45, 7) is 4.31. The van der Waals surface area contributed by atoms with Gasteiger partial charge in [0, 0.05) is 5.69 Å². The first-order valence-electron chi connectivity index (χ1n) is 9.21. The smallest absolute Gasteiger partial charge is 0.338 e. The van der Waals surface area contributed by atoms with Crippen LogP contribution in [0.1, 0.15) is 36.2 Å². The molecule has 7 nitrogen and oxygen atoms in total. The van der Waals surface area contributed by atoms with E-state index in [1.807, 2.05) is 6.07 Å². The predicted molar refractivity (Wildman–Crippen MR) is 108 cm³/mol. The van der Waals surface area contributed by atoms with Crippen molar-refractivity contribution in [2.24, 2.45) is 5.92 Å². The van der Waals surface area contributed by atoms with E-state index in [-0.39, 0.29) is 5.56 Å². The number of methoxy groups -OCH3 is 1. The number of hydrogen-bond donors (Lipinski definition) is 1. The fraction of sp³-hybridized carbons (Fsp3) is 0.318. The molecule has 0 radical (unpaired) electrons. The highest BCUT2D eigenvalue weighted by Gasteiger charge is 2.14. The van der Waals surface area contributed by atoms with Gasteiger partial charge in [0.25, 0.3) is 5.91 Å². The molecule has 0 spiro atoms. The molecule has 0 fully saturated rings. The van der Waals surface area contributed by atoms with Gasteiger partial charge in [-0.05, 0) is 48.7 Å². The third-order valence-corrected chi connectivity index (χ3v) is 3.96. The molecule has 0 aromatic heterocycles. The lowest BCUT2D eigenvalue weighted by Gasteiger charge is -2.13. The molecule has 0 heterocycles. The van der Waals surface area contributed by atoms with Crippen LogP contribution in [0.3, 0.4) is 0 Å². The number of benzene rings is 2. The first-order chi connectivity index (χ1) is 13.9. The summed E-state index contributed by atoms with van der Waals surface area (Å²) in [5, 5.41) is 11.5. The minimum Gasteiger partial charge on any atom is -0.493 e. The number of nitrogens with zero attached hydrogens (tertiary/aromatic N) is 1. The van der Waals surface area contributed by atoms with Gasteiger partial charge >= 0.3 is 5.97 Å². The lowest BCUT2D eigenvalue weighted by atomic mass is 10.1. The number of amides is 1. The number of anilines is 1. The Labute approximate surface area is 170 Å². The Balaban J connectivity index is 1.92. The quantitative estimate of drug-likeness (QED) is 0.648. The zero-order chi connectivity index (χ0) is 21.2. The third-order valence-electron chi connectivity index (χ3n) is 3.96. The number of rotatable bonds is 9. The van der Waals surface area contributed by atoms with Crippen LogP contribution in [0.5, 0.6) is 11.5 Å². The molecule has 0 aliphatic rings. The number of nitrogens with one attached hydrogen (secondary N) is 1. The van der Waals surface area contributed by atoms with Gasteiger partial charge in [0.1, 0.15) is 0 Å². The highest BCUT2D eigenvalue weighted by atomic mass is 16.5. The SMILES string of the molecule is COc1cc(C(=O)OCC(=O)Nc2cccc(C#N)c2)ccc1OCCC(C)C. The van der Waals surface area contributed by atoms with Crippen molar-refractivity contribution in [1.82, 2.24) is 0 Å². The molecule has 0 saturated heterocycles. The van der Waals surface area contributed by atoms with E-state index >= 15 is 0 Å². The monoisotopic (exact) mass is 396 g/mol. The topological polar surface area (TPSA) is 97.6 Å². The summed E-state index contributed by atoms with van der Waals surface area (Å²) in [6.07, 6.45) is 0.902. The Kier molecular flexibility index (Phi) is 8.04. The maximum absolute atomic E-state index is 12.2. The molecule has 0 aliphatic heterocycles. The lowest BCUT2D eigenvalue weighted by molar-refractivity contribution is -0.119. The number of carbonyl (C=O) groups excluding carboxylic acids is 2. The second kappa shape index (κ2) is 10.7. The molecule has 0 unspecified atom stereocenters. The Morgan fingerprint density at radius 2 is 1.93 bits per heavy atom. The molecule has 1 N–H and O–H groups in total. The predicted octanol–water partition coefficient (Wildman–Crippen LogP) is 3.79. The van der Waals surface area contributed by atoms with Crippen LogP contribution in [0.15, 0.2) is 42.5 Å². The fourth-order valence-corrected chi connectivity index (χ4v) is 2.40. The maximum atomic E-state index is 12.2.